The Morgan fingerprint density at radius 1 is 1.62 bits per heavy atom. The standard InChI is InChI=1S/C5H10O2S/c1-4-2-5(4)3-8(6)7/h4-5,8H,2-3H2,1H3. The lowest BCUT2D eigenvalue weighted by atomic mass is 10.4. The van der Waals surface area contributed by atoms with Crippen molar-refractivity contribution in [3.63, 3.8) is 0 Å². The Kier molecular flexibility index (Phi) is 1.56. The number of hydrogen-bond donors (Lipinski definition) is 1. The summed E-state index contributed by atoms with van der Waals surface area (Å²) in [5.41, 5.74) is 0. The van der Waals surface area contributed by atoms with Gasteiger partial charge in [-0.1, -0.05) is 6.92 Å². The van der Waals surface area contributed by atoms with Crippen molar-refractivity contribution in [2.24, 2.45) is 11.8 Å². The molecule has 1 aliphatic rings. The van der Waals surface area contributed by atoms with Crippen molar-refractivity contribution in [3.8, 4) is 0 Å². The molecule has 1 rings (SSSR count). The molecular formula is C5H10O2S. The maximum Gasteiger partial charge on any atom is 0.140 e. The smallest absolute Gasteiger partial charge is 0.140 e. The highest BCUT2D eigenvalue weighted by Crippen LogP contribution is 2.37. The second-order valence-corrected chi connectivity index (χ2v) is 3.52. The van der Waals surface area contributed by atoms with E-state index in [9.17, 15) is 8.42 Å². The molecule has 0 aromatic rings. The van der Waals surface area contributed by atoms with Gasteiger partial charge in [-0.2, -0.15) is 0 Å². The van der Waals surface area contributed by atoms with E-state index in [1.54, 1.807) is 0 Å². The summed E-state index contributed by atoms with van der Waals surface area (Å²) in [6.45, 7) is 2.09. The molecule has 1 fully saturated rings. The average molecular weight is 134 g/mol. The van der Waals surface area contributed by atoms with Gasteiger partial charge in [0, 0.05) is 0 Å². The minimum absolute atomic E-state index is 0.413. The molecule has 0 aliphatic heterocycles. The first-order chi connectivity index (χ1) is 3.70. The van der Waals surface area contributed by atoms with Gasteiger partial charge in [0.15, 0.2) is 0 Å². The van der Waals surface area contributed by atoms with Crippen LogP contribution in [-0.4, -0.2) is 14.2 Å². The van der Waals surface area contributed by atoms with Crippen LogP contribution in [0.4, 0.5) is 0 Å². The van der Waals surface area contributed by atoms with E-state index >= 15 is 0 Å². The quantitative estimate of drug-likeness (QED) is 0.549. The summed E-state index contributed by atoms with van der Waals surface area (Å²) < 4.78 is 20.1. The first kappa shape index (κ1) is 6.08. The fourth-order valence-electron chi connectivity index (χ4n) is 0.845. The molecule has 1 saturated carbocycles. The highest BCUT2D eigenvalue weighted by atomic mass is 32.2. The highest BCUT2D eigenvalue weighted by Gasteiger charge is 2.32. The minimum Gasteiger partial charge on any atom is -0.232 e. The van der Waals surface area contributed by atoms with Gasteiger partial charge in [0.25, 0.3) is 0 Å². The van der Waals surface area contributed by atoms with Crippen molar-refractivity contribution in [2.75, 3.05) is 5.75 Å². The summed E-state index contributed by atoms with van der Waals surface area (Å²) in [6.07, 6.45) is 1.11. The Labute approximate surface area is 50.9 Å². The predicted molar refractivity (Wildman–Crippen MR) is 32.5 cm³/mol. The molecule has 2 atom stereocenters. The van der Waals surface area contributed by atoms with Crippen LogP contribution in [0.5, 0.6) is 0 Å². The lowest BCUT2D eigenvalue weighted by Gasteiger charge is -1.81. The molecule has 2 nitrogen and oxygen atoms in total. The summed E-state index contributed by atoms with van der Waals surface area (Å²) in [5, 5.41) is 0. The van der Waals surface area contributed by atoms with Crippen LogP contribution in [0.3, 0.4) is 0 Å². The SMILES string of the molecule is CC1CC1C[SH](=O)=O. The molecule has 0 amide bonds. The van der Waals surface area contributed by atoms with E-state index in [1.165, 1.54) is 0 Å². The van der Waals surface area contributed by atoms with E-state index in [-0.39, 0.29) is 0 Å². The summed E-state index contributed by atoms with van der Waals surface area (Å²) >= 11 is 0. The number of thiol groups is 1. The molecular weight excluding hydrogens is 124 g/mol. The second kappa shape index (κ2) is 2.05. The van der Waals surface area contributed by atoms with Crippen LogP contribution in [0.2, 0.25) is 0 Å². The lowest BCUT2D eigenvalue weighted by Crippen LogP contribution is -1.89. The maximum absolute atomic E-state index is 10.0. The first-order valence-electron chi connectivity index (χ1n) is 2.82. The maximum atomic E-state index is 10.0. The third-order valence-corrected chi connectivity index (χ3v) is 2.43. The molecule has 0 heterocycles. The zero-order valence-electron chi connectivity index (χ0n) is 4.83. The van der Waals surface area contributed by atoms with Crippen molar-refractivity contribution in [3.05, 3.63) is 0 Å². The van der Waals surface area contributed by atoms with Crippen molar-refractivity contribution in [2.45, 2.75) is 13.3 Å². The third kappa shape index (κ3) is 1.47. The van der Waals surface area contributed by atoms with E-state index in [0.29, 0.717) is 17.6 Å². The van der Waals surface area contributed by atoms with Crippen molar-refractivity contribution >= 4 is 10.7 Å². The average Bonchev–Trinajstić information content (AvgIpc) is 2.17. The third-order valence-electron chi connectivity index (χ3n) is 1.66. The van der Waals surface area contributed by atoms with Crippen LogP contribution in [0.1, 0.15) is 13.3 Å². The summed E-state index contributed by atoms with van der Waals surface area (Å²) in [6, 6.07) is 0. The van der Waals surface area contributed by atoms with E-state index < -0.39 is 10.7 Å². The highest BCUT2D eigenvalue weighted by molar-refractivity contribution is 7.72. The van der Waals surface area contributed by atoms with Crippen LogP contribution in [0.25, 0.3) is 0 Å². The molecule has 3 heteroatoms. The van der Waals surface area contributed by atoms with E-state index in [2.05, 4.69) is 6.92 Å². The number of rotatable bonds is 2. The zero-order chi connectivity index (χ0) is 6.15. The monoisotopic (exact) mass is 134 g/mol. The van der Waals surface area contributed by atoms with Crippen molar-refractivity contribution < 1.29 is 8.42 Å². The molecule has 0 spiro atoms. The molecule has 0 aromatic carbocycles. The normalized spacial score (nSPS) is 35.8. The van der Waals surface area contributed by atoms with Crippen LogP contribution < -0.4 is 0 Å². The second-order valence-electron chi connectivity index (χ2n) is 2.49. The largest absolute Gasteiger partial charge is 0.232 e. The summed E-state index contributed by atoms with van der Waals surface area (Å²) in [5.74, 6) is 1.58. The van der Waals surface area contributed by atoms with Crippen LogP contribution in [0.15, 0.2) is 0 Å². The zero-order valence-corrected chi connectivity index (χ0v) is 5.73. The van der Waals surface area contributed by atoms with Gasteiger partial charge in [-0.3, -0.25) is 0 Å². The summed E-state index contributed by atoms with van der Waals surface area (Å²) in [4.78, 5) is 0. The van der Waals surface area contributed by atoms with Crippen molar-refractivity contribution in [1.29, 1.82) is 0 Å². The van der Waals surface area contributed by atoms with Crippen molar-refractivity contribution in [1.82, 2.24) is 0 Å². The lowest BCUT2D eigenvalue weighted by molar-refractivity contribution is 0.609. The molecule has 2 unspecified atom stereocenters. The first-order valence-corrected chi connectivity index (χ1v) is 4.18. The van der Waals surface area contributed by atoms with Gasteiger partial charge in [0.1, 0.15) is 10.7 Å². The summed E-state index contributed by atoms with van der Waals surface area (Å²) in [7, 11) is -2.10. The Bertz CT molecular complexity index is 143. The van der Waals surface area contributed by atoms with Crippen LogP contribution >= 0.6 is 0 Å². The van der Waals surface area contributed by atoms with E-state index in [0.717, 1.165) is 6.42 Å². The number of hydrogen-bond acceptors (Lipinski definition) is 2. The predicted octanol–water partition coefficient (Wildman–Crippen LogP) is 0.254. The van der Waals surface area contributed by atoms with Gasteiger partial charge in [-0.25, -0.2) is 8.42 Å². The van der Waals surface area contributed by atoms with Gasteiger partial charge in [0.05, 0.1) is 5.75 Å². The molecule has 8 heavy (non-hydrogen) atoms. The van der Waals surface area contributed by atoms with Gasteiger partial charge in [0.2, 0.25) is 0 Å². The van der Waals surface area contributed by atoms with Crippen LogP contribution in [-0.2, 0) is 10.7 Å². The molecule has 0 N–H and O–H groups in total. The van der Waals surface area contributed by atoms with Gasteiger partial charge >= 0.3 is 0 Å². The fraction of sp³-hybridized carbons (Fsp3) is 1.00. The topological polar surface area (TPSA) is 34.1 Å². The van der Waals surface area contributed by atoms with Gasteiger partial charge < -0.3 is 0 Å². The van der Waals surface area contributed by atoms with Gasteiger partial charge in [-0.05, 0) is 18.3 Å². The molecule has 0 aromatic heterocycles. The van der Waals surface area contributed by atoms with Gasteiger partial charge in [-0.15, -0.1) is 0 Å². The minimum atomic E-state index is -2.10. The molecule has 0 bridgehead atoms. The molecule has 0 radical (unpaired) electrons. The molecule has 1 aliphatic carbocycles. The van der Waals surface area contributed by atoms with E-state index in [4.69, 9.17) is 0 Å². The van der Waals surface area contributed by atoms with Crippen LogP contribution in [0, 0.1) is 11.8 Å². The fourth-order valence-corrected chi connectivity index (χ4v) is 1.74. The molecule has 48 valence electrons. The Balaban J connectivity index is 2.23. The Morgan fingerprint density at radius 2 is 2.12 bits per heavy atom. The Hall–Kier alpha value is -0.0500. The Morgan fingerprint density at radius 3 is 2.25 bits per heavy atom. The molecule has 0 saturated heterocycles. The van der Waals surface area contributed by atoms with E-state index in [1.807, 2.05) is 0 Å².